The average molecular weight is 358 g/mol. The van der Waals surface area contributed by atoms with E-state index in [0.29, 0.717) is 0 Å². The average Bonchev–Trinajstić information content (AvgIpc) is 2.56. The molecular formula is C12H22O12. The third-order valence-corrected chi connectivity index (χ3v) is 3.86. The van der Waals surface area contributed by atoms with Gasteiger partial charge in [0.15, 0.2) is 6.10 Å². The van der Waals surface area contributed by atoms with Gasteiger partial charge in [0.25, 0.3) is 0 Å². The Hall–Kier alpha value is -0.930. The Morgan fingerprint density at radius 2 is 1.42 bits per heavy atom. The monoisotopic (exact) mass is 358 g/mol. The van der Waals surface area contributed by atoms with Crippen LogP contribution in [-0.4, -0.2) is 125 Å². The first-order chi connectivity index (χ1) is 11.0. The van der Waals surface area contributed by atoms with Crippen molar-refractivity contribution in [2.45, 2.75) is 61.0 Å². The Balaban J connectivity index is 2.91. The van der Waals surface area contributed by atoms with E-state index in [1.165, 1.54) is 0 Å². The van der Waals surface area contributed by atoms with Gasteiger partial charge in [-0.1, -0.05) is 0 Å². The highest BCUT2D eigenvalue weighted by Gasteiger charge is 2.51. The van der Waals surface area contributed by atoms with E-state index >= 15 is 0 Å². The summed E-state index contributed by atoms with van der Waals surface area (Å²) in [6.45, 7) is -0.963. The highest BCUT2D eigenvalue weighted by molar-refractivity contribution is 5.73. The first-order valence-corrected chi connectivity index (χ1v) is 6.98. The molecule has 12 nitrogen and oxygen atoms in total. The molecule has 1 saturated heterocycles. The first kappa shape index (κ1) is 21.1. The lowest BCUT2D eigenvalue weighted by atomic mass is 9.88. The van der Waals surface area contributed by atoms with E-state index in [1.807, 2.05) is 0 Å². The molecule has 2 unspecified atom stereocenters. The summed E-state index contributed by atoms with van der Waals surface area (Å²) in [6, 6.07) is 0. The fourth-order valence-corrected chi connectivity index (χ4v) is 2.33. The van der Waals surface area contributed by atoms with Gasteiger partial charge in [-0.05, 0) is 0 Å². The van der Waals surface area contributed by atoms with Crippen molar-refractivity contribution < 1.29 is 60.6 Å². The number of carbonyl (C=O) groups is 1. The van der Waals surface area contributed by atoms with Crippen LogP contribution in [0.25, 0.3) is 0 Å². The second kappa shape index (κ2) is 8.44. The molecule has 10 N–H and O–H groups in total. The number of carboxylic acids is 1. The molecule has 1 heterocycles. The number of aliphatic hydroxyl groups is 9. The van der Waals surface area contributed by atoms with Crippen molar-refractivity contribution >= 4 is 5.97 Å². The lowest BCUT2D eigenvalue weighted by Gasteiger charge is -2.42. The van der Waals surface area contributed by atoms with Gasteiger partial charge in [0, 0.05) is 0 Å². The van der Waals surface area contributed by atoms with Crippen LogP contribution in [0.3, 0.4) is 0 Å². The Morgan fingerprint density at radius 3 is 1.88 bits per heavy atom. The van der Waals surface area contributed by atoms with Crippen LogP contribution in [0.4, 0.5) is 0 Å². The standard InChI is InChI=1S/C12H22O12/c13-1-2(14)3(15)4(16)5(17)7(19)10-8(20)6(18)9(21)11(24-10)12(22)23/h2-11,13-21H,1H2,(H,22,23)/t2-,3-,4+,5+,6-,7?,8-,9+,10?,11+/m1/s1. The molecule has 0 bridgehead atoms. The predicted molar refractivity (Wildman–Crippen MR) is 71.4 cm³/mol. The molecule has 0 aromatic carbocycles. The minimum atomic E-state index is -2.25. The summed E-state index contributed by atoms with van der Waals surface area (Å²) in [5.74, 6) is -1.71. The van der Waals surface area contributed by atoms with Crippen LogP contribution in [0, 0.1) is 0 Å². The van der Waals surface area contributed by atoms with E-state index in [4.69, 9.17) is 14.9 Å². The van der Waals surface area contributed by atoms with E-state index in [2.05, 4.69) is 0 Å². The predicted octanol–water partition coefficient (Wildman–Crippen LogP) is -6.28. The number of hydrogen-bond acceptors (Lipinski definition) is 11. The van der Waals surface area contributed by atoms with E-state index in [-0.39, 0.29) is 0 Å². The Labute approximate surface area is 135 Å². The minimum absolute atomic E-state index is 0.963. The van der Waals surface area contributed by atoms with Gasteiger partial charge in [-0.15, -0.1) is 0 Å². The smallest absolute Gasteiger partial charge is 0.335 e. The van der Waals surface area contributed by atoms with Crippen molar-refractivity contribution in [2.75, 3.05) is 6.61 Å². The fourth-order valence-electron chi connectivity index (χ4n) is 2.33. The topological polar surface area (TPSA) is 229 Å². The van der Waals surface area contributed by atoms with Gasteiger partial charge < -0.3 is 55.8 Å². The normalized spacial score (nSPS) is 37.3. The maximum absolute atomic E-state index is 11.0. The first-order valence-electron chi connectivity index (χ1n) is 6.98. The van der Waals surface area contributed by atoms with Crippen LogP contribution in [-0.2, 0) is 9.53 Å². The lowest BCUT2D eigenvalue weighted by molar-refractivity contribution is -0.259. The zero-order chi connectivity index (χ0) is 18.8. The largest absolute Gasteiger partial charge is 0.479 e. The van der Waals surface area contributed by atoms with E-state index in [9.17, 15) is 45.6 Å². The van der Waals surface area contributed by atoms with Crippen LogP contribution in [0.1, 0.15) is 0 Å². The summed E-state index contributed by atoms with van der Waals surface area (Å²) in [5, 5.41) is 94.6. The van der Waals surface area contributed by atoms with Crippen molar-refractivity contribution in [3.63, 3.8) is 0 Å². The van der Waals surface area contributed by atoms with Gasteiger partial charge in [0.1, 0.15) is 54.9 Å². The number of aliphatic carboxylic acids is 1. The van der Waals surface area contributed by atoms with Crippen molar-refractivity contribution in [1.29, 1.82) is 0 Å². The van der Waals surface area contributed by atoms with E-state index in [1.54, 1.807) is 0 Å². The Bertz CT molecular complexity index is 419. The molecule has 24 heavy (non-hydrogen) atoms. The maximum Gasteiger partial charge on any atom is 0.335 e. The SMILES string of the molecule is O=C(O)[C@H]1OC(C(O)[C@@H](O)[C@@H](O)[C@H](O)[C@H](O)CO)[C@H](O)[C@@H](O)[C@@H]1O. The summed E-state index contributed by atoms with van der Waals surface area (Å²) in [5.41, 5.74) is 0. The molecule has 1 aliphatic heterocycles. The van der Waals surface area contributed by atoms with Crippen molar-refractivity contribution in [1.82, 2.24) is 0 Å². The maximum atomic E-state index is 11.0. The summed E-state index contributed by atoms with van der Waals surface area (Å²) in [4.78, 5) is 11.0. The van der Waals surface area contributed by atoms with Crippen LogP contribution >= 0.6 is 0 Å². The quantitative estimate of drug-likeness (QED) is 0.205. The van der Waals surface area contributed by atoms with Crippen molar-refractivity contribution in [3.8, 4) is 0 Å². The second-order valence-electron chi connectivity index (χ2n) is 5.54. The third-order valence-electron chi connectivity index (χ3n) is 3.86. The Morgan fingerprint density at radius 1 is 0.875 bits per heavy atom. The molecule has 0 radical (unpaired) electrons. The molecular weight excluding hydrogens is 336 g/mol. The van der Waals surface area contributed by atoms with E-state index in [0.717, 1.165) is 0 Å². The summed E-state index contributed by atoms with van der Waals surface area (Å²) < 4.78 is 4.77. The zero-order valence-corrected chi connectivity index (χ0v) is 12.3. The number of ether oxygens (including phenoxy) is 1. The molecule has 12 heteroatoms. The van der Waals surface area contributed by atoms with Crippen molar-refractivity contribution in [3.05, 3.63) is 0 Å². The molecule has 0 aromatic rings. The van der Waals surface area contributed by atoms with Crippen molar-refractivity contribution in [2.24, 2.45) is 0 Å². The summed E-state index contributed by atoms with van der Waals surface area (Å²) in [6.07, 6.45) is -20.6. The Kier molecular flexibility index (Phi) is 7.43. The summed E-state index contributed by atoms with van der Waals surface area (Å²) >= 11 is 0. The van der Waals surface area contributed by atoms with Gasteiger partial charge in [0.2, 0.25) is 0 Å². The van der Waals surface area contributed by atoms with Gasteiger partial charge in [0.05, 0.1) is 6.61 Å². The molecule has 1 fully saturated rings. The zero-order valence-electron chi connectivity index (χ0n) is 12.3. The van der Waals surface area contributed by atoms with E-state index < -0.39 is 73.6 Å². The lowest BCUT2D eigenvalue weighted by Crippen LogP contribution is -2.65. The molecule has 10 atom stereocenters. The molecule has 142 valence electrons. The number of carboxylic acid groups (broad SMARTS) is 1. The third kappa shape index (κ3) is 4.18. The molecule has 0 aliphatic carbocycles. The molecule has 1 rings (SSSR count). The highest BCUT2D eigenvalue weighted by atomic mass is 16.6. The minimum Gasteiger partial charge on any atom is -0.479 e. The number of aliphatic hydroxyl groups excluding tert-OH is 9. The molecule has 0 amide bonds. The number of rotatable bonds is 7. The van der Waals surface area contributed by atoms with Crippen LogP contribution < -0.4 is 0 Å². The molecule has 0 saturated carbocycles. The molecule has 0 aromatic heterocycles. The fraction of sp³-hybridized carbons (Fsp3) is 0.917. The van der Waals surface area contributed by atoms with Gasteiger partial charge in [-0.25, -0.2) is 4.79 Å². The van der Waals surface area contributed by atoms with Gasteiger partial charge in [-0.3, -0.25) is 0 Å². The van der Waals surface area contributed by atoms with Gasteiger partial charge in [-0.2, -0.15) is 0 Å². The van der Waals surface area contributed by atoms with Crippen LogP contribution in [0.15, 0.2) is 0 Å². The molecule has 0 spiro atoms. The van der Waals surface area contributed by atoms with Crippen LogP contribution in [0.2, 0.25) is 0 Å². The highest BCUT2D eigenvalue weighted by Crippen LogP contribution is 2.26. The van der Waals surface area contributed by atoms with Gasteiger partial charge >= 0.3 is 5.97 Å². The number of hydrogen-bond donors (Lipinski definition) is 10. The second-order valence-corrected chi connectivity index (χ2v) is 5.54. The molecule has 1 aliphatic rings. The summed E-state index contributed by atoms with van der Waals surface area (Å²) in [7, 11) is 0. The van der Waals surface area contributed by atoms with Crippen LogP contribution in [0.5, 0.6) is 0 Å².